The highest BCUT2D eigenvalue weighted by Crippen LogP contribution is 2.24. The van der Waals surface area contributed by atoms with Gasteiger partial charge in [0.25, 0.3) is 5.91 Å². The van der Waals surface area contributed by atoms with Gasteiger partial charge in [0, 0.05) is 17.2 Å². The van der Waals surface area contributed by atoms with E-state index in [9.17, 15) is 14.4 Å². The van der Waals surface area contributed by atoms with Crippen molar-refractivity contribution in [3.05, 3.63) is 87.9 Å². The van der Waals surface area contributed by atoms with Gasteiger partial charge in [0.2, 0.25) is 0 Å². The molecule has 0 saturated carbocycles. The first-order chi connectivity index (χ1) is 12.1. The number of nitrogens with one attached hydrogen (secondary N) is 1. The summed E-state index contributed by atoms with van der Waals surface area (Å²) in [6, 6.07) is 17.0. The number of hydrogen-bond donors (Lipinski definition) is 1. The summed E-state index contributed by atoms with van der Waals surface area (Å²) >= 11 is 3.46. The maximum Gasteiger partial charge on any atom is 0.269 e. The number of rotatable bonds is 4. The van der Waals surface area contributed by atoms with Crippen LogP contribution in [-0.4, -0.2) is 10.5 Å². The van der Waals surface area contributed by atoms with Crippen LogP contribution in [0.15, 0.2) is 65.3 Å². The third-order valence-electron chi connectivity index (χ3n) is 3.70. The van der Waals surface area contributed by atoms with E-state index in [2.05, 4.69) is 21.2 Å². The average Bonchev–Trinajstić information content (AvgIpc) is 3.05. The summed E-state index contributed by atoms with van der Waals surface area (Å²) in [5, 5.41) is 12.1. The Balaban J connectivity index is 1.89. The van der Waals surface area contributed by atoms with Crippen LogP contribution in [0.2, 0.25) is 0 Å². The van der Waals surface area contributed by atoms with Crippen LogP contribution in [0, 0.1) is 17.1 Å². The lowest BCUT2D eigenvalue weighted by atomic mass is 10.2. The average molecular weight is 398 g/mol. The van der Waals surface area contributed by atoms with Crippen molar-refractivity contribution >= 4 is 21.8 Å². The van der Waals surface area contributed by atoms with Gasteiger partial charge < -0.3 is 9.88 Å². The molecular formula is C19H13BrFN3O. The number of carbonyl (C=O) groups excluding carboxylic acids is 1. The fourth-order valence-electron chi connectivity index (χ4n) is 2.47. The zero-order valence-electron chi connectivity index (χ0n) is 13.0. The van der Waals surface area contributed by atoms with Crippen molar-refractivity contribution in [3.63, 3.8) is 0 Å². The van der Waals surface area contributed by atoms with E-state index in [1.807, 2.05) is 30.3 Å². The number of para-hydroxylation sites is 1. The number of halogens is 2. The molecule has 2 aromatic carbocycles. The number of nitriles is 1. The quantitative estimate of drug-likeness (QED) is 0.717. The highest BCUT2D eigenvalue weighted by atomic mass is 79.9. The van der Waals surface area contributed by atoms with Crippen molar-refractivity contribution in [3.8, 4) is 11.8 Å². The summed E-state index contributed by atoms with van der Waals surface area (Å²) in [6.07, 6.45) is 1.69. The lowest BCUT2D eigenvalue weighted by Crippen LogP contribution is -2.26. The zero-order valence-corrected chi connectivity index (χ0v) is 14.6. The van der Waals surface area contributed by atoms with Crippen molar-refractivity contribution in [2.45, 2.75) is 6.54 Å². The lowest BCUT2D eigenvalue weighted by molar-refractivity contribution is 0.0944. The van der Waals surface area contributed by atoms with E-state index < -0.39 is 0 Å². The highest BCUT2D eigenvalue weighted by molar-refractivity contribution is 9.10. The lowest BCUT2D eigenvalue weighted by Gasteiger charge is -2.12. The minimum Gasteiger partial charge on any atom is -0.347 e. The molecule has 0 unspecified atom stereocenters. The van der Waals surface area contributed by atoms with Crippen molar-refractivity contribution < 1.29 is 9.18 Å². The molecule has 3 aromatic rings. The second-order valence-electron chi connectivity index (χ2n) is 5.32. The molecule has 0 spiro atoms. The molecule has 4 nitrogen and oxygen atoms in total. The number of aromatic nitrogens is 1. The minimum atomic E-state index is -0.373. The molecule has 0 aliphatic carbocycles. The van der Waals surface area contributed by atoms with Crippen LogP contribution in [-0.2, 0) is 6.54 Å². The van der Waals surface area contributed by atoms with Crippen LogP contribution in [0.3, 0.4) is 0 Å². The van der Waals surface area contributed by atoms with Crippen LogP contribution >= 0.6 is 15.9 Å². The second kappa shape index (κ2) is 7.32. The summed E-state index contributed by atoms with van der Waals surface area (Å²) in [6.45, 7) is 0.241. The summed E-state index contributed by atoms with van der Waals surface area (Å²) in [5.74, 6) is -0.703. The standard InChI is InChI=1S/C19H13BrFN3O/c20-16-3-1-2-4-17(16)24-10-9-14(11-22)18(24)19(25)23-12-13-5-7-15(21)8-6-13/h1-10H,12H2,(H,23,25). The Morgan fingerprint density at radius 3 is 2.56 bits per heavy atom. The van der Waals surface area contributed by atoms with Crippen LogP contribution in [0.25, 0.3) is 5.69 Å². The zero-order chi connectivity index (χ0) is 17.8. The van der Waals surface area contributed by atoms with Crippen molar-refractivity contribution in [2.24, 2.45) is 0 Å². The van der Waals surface area contributed by atoms with Gasteiger partial charge in [-0.05, 0) is 51.8 Å². The predicted octanol–water partition coefficient (Wildman–Crippen LogP) is 4.18. The second-order valence-corrected chi connectivity index (χ2v) is 6.17. The van der Waals surface area contributed by atoms with Gasteiger partial charge >= 0.3 is 0 Å². The number of hydrogen-bond acceptors (Lipinski definition) is 2. The molecule has 1 aromatic heterocycles. The fraction of sp³-hybridized carbons (Fsp3) is 0.0526. The SMILES string of the molecule is N#Cc1ccn(-c2ccccc2Br)c1C(=O)NCc1ccc(F)cc1. The summed E-state index contributed by atoms with van der Waals surface area (Å²) in [7, 11) is 0. The largest absolute Gasteiger partial charge is 0.347 e. The third kappa shape index (κ3) is 3.62. The van der Waals surface area contributed by atoms with Crippen LogP contribution in [0.5, 0.6) is 0 Å². The van der Waals surface area contributed by atoms with E-state index in [1.165, 1.54) is 12.1 Å². The Bertz CT molecular complexity index is 958. The summed E-state index contributed by atoms with van der Waals surface area (Å²) in [5.41, 5.74) is 2.08. The fourth-order valence-corrected chi connectivity index (χ4v) is 2.95. The molecule has 6 heteroatoms. The first-order valence-electron chi connectivity index (χ1n) is 7.49. The third-order valence-corrected chi connectivity index (χ3v) is 4.37. The summed E-state index contributed by atoms with van der Waals surface area (Å²) in [4.78, 5) is 12.7. The Hall–Kier alpha value is -2.91. The molecule has 1 amide bonds. The molecule has 124 valence electrons. The van der Waals surface area contributed by atoms with Gasteiger partial charge in [-0.25, -0.2) is 4.39 Å². The topological polar surface area (TPSA) is 57.8 Å². The Kier molecular flexibility index (Phi) is 4.96. The van der Waals surface area contributed by atoms with Crippen LogP contribution in [0.1, 0.15) is 21.6 Å². The van der Waals surface area contributed by atoms with Crippen LogP contribution < -0.4 is 5.32 Å². The van der Waals surface area contributed by atoms with Gasteiger partial charge in [-0.2, -0.15) is 5.26 Å². The first-order valence-corrected chi connectivity index (χ1v) is 8.28. The van der Waals surface area contributed by atoms with E-state index in [0.29, 0.717) is 0 Å². The molecule has 0 bridgehead atoms. The molecule has 1 N–H and O–H groups in total. The first kappa shape index (κ1) is 16.9. The van der Waals surface area contributed by atoms with E-state index in [0.717, 1.165) is 15.7 Å². The molecule has 0 radical (unpaired) electrons. The predicted molar refractivity (Wildman–Crippen MR) is 95.8 cm³/mol. The molecule has 0 aliphatic heterocycles. The maximum atomic E-state index is 13.0. The smallest absolute Gasteiger partial charge is 0.269 e. The molecule has 0 atom stereocenters. The molecule has 1 heterocycles. The van der Waals surface area contributed by atoms with Crippen molar-refractivity contribution in [2.75, 3.05) is 0 Å². The van der Waals surface area contributed by atoms with E-state index in [4.69, 9.17) is 0 Å². The number of nitrogens with zero attached hydrogens (tertiary/aromatic N) is 2. The molecule has 0 saturated heterocycles. The van der Waals surface area contributed by atoms with Crippen molar-refractivity contribution in [1.82, 2.24) is 9.88 Å². The minimum absolute atomic E-state index is 0.241. The molecule has 0 aliphatic rings. The monoisotopic (exact) mass is 397 g/mol. The molecule has 3 rings (SSSR count). The molecular weight excluding hydrogens is 385 g/mol. The van der Waals surface area contributed by atoms with Gasteiger partial charge in [-0.1, -0.05) is 24.3 Å². The van der Waals surface area contributed by atoms with E-state index >= 15 is 0 Å². The number of carbonyl (C=O) groups is 1. The Morgan fingerprint density at radius 2 is 1.88 bits per heavy atom. The maximum absolute atomic E-state index is 13.0. The normalized spacial score (nSPS) is 10.3. The van der Waals surface area contributed by atoms with Crippen molar-refractivity contribution in [1.29, 1.82) is 5.26 Å². The van der Waals surface area contributed by atoms with Gasteiger partial charge in [0.05, 0.1) is 11.3 Å². The van der Waals surface area contributed by atoms with Gasteiger partial charge in [-0.3, -0.25) is 4.79 Å². The molecule has 25 heavy (non-hydrogen) atoms. The number of benzene rings is 2. The Labute approximate surface area is 152 Å². The highest BCUT2D eigenvalue weighted by Gasteiger charge is 2.19. The number of amides is 1. The summed E-state index contributed by atoms with van der Waals surface area (Å²) < 4.78 is 15.4. The van der Waals surface area contributed by atoms with Gasteiger partial charge in [0.15, 0.2) is 0 Å². The van der Waals surface area contributed by atoms with E-state index in [1.54, 1.807) is 29.0 Å². The van der Waals surface area contributed by atoms with Gasteiger partial charge in [-0.15, -0.1) is 0 Å². The van der Waals surface area contributed by atoms with Gasteiger partial charge in [0.1, 0.15) is 17.6 Å². The van der Waals surface area contributed by atoms with Crippen LogP contribution in [0.4, 0.5) is 4.39 Å². The van der Waals surface area contributed by atoms with E-state index in [-0.39, 0.29) is 29.5 Å². The Morgan fingerprint density at radius 1 is 1.16 bits per heavy atom. The molecule has 0 fully saturated rings.